The molecule has 1 saturated heterocycles. The summed E-state index contributed by atoms with van der Waals surface area (Å²) in [6, 6.07) is 12.5. The second-order valence-electron chi connectivity index (χ2n) is 7.19. The van der Waals surface area contributed by atoms with Crippen molar-refractivity contribution in [1.82, 2.24) is 9.88 Å². The Bertz CT molecular complexity index is 993. The molecule has 1 fully saturated rings. The second kappa shape index (κ2) is 8.12. The molecule has 2 aromatic carbocycles. The zero-order chi connectivity index (χ0) is 19.5. The average molecular weight is 381 g/mol. The number of rotatable bonds is 5. The highest BCUT2D eigenvalue weighted by atomic mass is 19.1. The monoisotopic (exact) mass is 381 g/mol. The number of H-pyrrole nitrogens is 1. The Morgan fingerprint density at radius 2 is 2.00 bits per heavy atom. The molecular formula is C22H24FN3O2. The highest BCUT2D eigenvalue weighted by Crippen LogP contribution is 2.24. The number of benzene rings is 2. The van der Waals surface area contributed by atoms with Crippen LogP contribution in [-0.4, -0.2) is 42.1 Å². The van der Waals surface area contributed by atoms with Crippen LogP contribution >= 0.6 is 0 Å². The Hall–Kier alpha value is -2.70. The number of nitrogens with one attached hydrogen (secondary N) is 2. The number of aromatic amines is 1. The lowest BCUT2D eigenvalue weighted by atomic mass is 10.1. The molecule has 4 rings (SSSR count). The molecule has 1 amide bonds. The van der Waals surface area contributed by atoms with Crippen molar-refractivity contribution in [3.05, 3.63) is 65.1 Å². The molecule has 6 heteroatoms. The molecule has 3 aromatic rings. The zero-order valence-electron chi connectivity index (χ0n) is 15.9. The average Bonchev–Trinajstić information content (AvgIpc) is 2.99. The third kappa shape index (κ3) is 4.08. The molecule has 0 saturated carbocycles. The fraction of sp³-hybridized carbons (Fsp3) is 0.318. The van der Waals surface area contributed by atoms with Gasteiger partial charge >= 0.3 is 0 Å². The van der Waals surface area contributed by atoms with E-state index < -0.39 is 0 Å². The van der Waals surface area contributed by atoms with Crippen LogP contribution in [0.5, 0.6) is 0 Å². The maximum atomic E-state index is 13.7. The summed E-state index contributed by atoms with van der Waals surface area (Å²) in [6.07, 6.45) is 0.196. The van der Waals surface area contributed by atoms with Crippen molar-refractivity contribution in [1.29, 1.82) is 0 Å². The first-order valence-electron chi connectivity index (χ1n) is 9.55. The number of anilines is 1. The SMILES string of the molecule is Cc1[nH]c2ccc(F)cc2c1CC(=O)Nc1ccccc1CN1CCOCC1. The van der Waals surface area contributed by atoms with Gasteiger partial charge in [-0.1, -0.05) is 18.2 Å². The van der Waals surface area contributed by atoms with Gasteiger partial charge in [-0.05, 0) is 42.3 Å². The fourth-order valence-electron chi connectivity index (χ4n) is 3.72. The molecule has 0 radical (unpaired) electrons. The number of morpholine rings is 1. The van der Waals surface area contributed by atoms with E-state index in [2.05, 4.69) is 15.2 Å². The topological polar surface area (TPSA) is 57.4 Å². The summed E-state index contributed by atoms with van der Waals surface area (Å²) < 4.78 is 19.1. The van der Waals surface area contributed by atoms with E-state index >= 15 is 0 Å². The first-order chi connectivity index (χ1) is 13.6. The van der Waals surface area contributed by atoms with Gasteiger partial charge in [0.05, 0.1) is 19.6 Å². The largest absolute Gasteiger partial charge is 0.379 e. The third-order valence-electron chi connectivity index (χ3n) is 5.21. The second-order valence-corrected chi connectivity index (χ2v) is 7.19. The van der Waals surface area contributed by atoms with Crippen LogP contribution in [0.25, 0.3) is 10.9 Å². The van der Waals surface area contributed by atoms with E-state index in [-0.39, 0.29) is 18.1 Å². The fourth-order valence-corrected chi connectivity index (χ4v) is 3.72. The highest BCUT2D eigenvalue weighted by Gasteiger charge is 2.16. The van der Waals surface area contributed by atoms with Crippen molar-refractivity contribution >= 4 is 22.5 Å². The molecule has 146 valence electrons. The first-order valence-corrected chi connectivity index (χ1v) is 9.55. The van der Waals surface area contributed by atoms with Crippen molar-refractivity contribution in [2.45, 2.75) is 19.9 Å². The van der Waals surface area contributed by atoms with Crippen LogP contribution in [0.2, 0.25) is 0 Å². The smallest absolute Gasteiger partial charge is 0.228 e. The Morgan fingerprint density at radius 1 is 1.21 bits per heavy atom. The minimum absolute atomic E-state index is 0.109. The van der Waals surface area contributed by atoms with Crippen LogP contribution in [0.1, 0.15) is 16.8 Å². The molecule has 1 aliphatic rings. The van der Waals surface area contributed by atoms with Crippen LogP contribution in [-0.2, 0) is 22.5 Å². The quantitative estimate of drug-likeness (QED) is 0.710. The standard InChI is InChI=1S/C22H24FN3O2/c1-15-18(19-12-17(23)6-7-21(19)24-15)13-22(27)25-20-5-3-2-4-16(20)14-26-8-10-28-11-9-26/h2-7,12,24H,8-11,13-14H2,1H3,(H,25,27). The van der Waals surface area contributed by atoms with Gasteiger partial charge in [-0.25, -0.2) is 4.39 Å². The van der Waals surface area contributed by atoms with Crippen LogP contribution in [0, 0.1) is 12.7 Å². The van der Waals surface area contributed by atoms with E-state index in [0.717, 1.165) is 66.3 Å². The maximum Gasteiger partial charge on any atom is 0.228 e. The number of para-hydroxylation sites is 1. The van der Waals surface area contributed by atoms with Crippen LogP contribution in [0.4, 0.5) is 10.1 Å². The van der Waals surface area contributed by atoms with E-state index in [0.29, 0.717) is 0 Å². The zero-order valence-corrected chi connectivity index (χ0v) is 15.9. The Kier molecular flexibility index (Phi) is 5.41. The predicted octanol–water partition coefficient (Wildman–Crippen LogP) is 3.63. The maximum absolute atomic E-state index is 13.7. The molecule has 0 atom stereocenters. The summed E-state index contributed by atoms with van der Waals surface area (Å²) in [7, 11) is 0. The van der Waals surface area contributed by atoms with Gasteiger partial charge in [0.1, 0.15) is 5.82 Å². The van der Waals surface area contributed by atoms with Crippen molar-refractivity contribution in [2.24, 2.45) is 0 Å². The lowest BCUT2D eigenvalue weighted by Crippen LogP contribution is -2.35. The van der Waals surface area contributed by atoms with Crippen LogP contribution in [0.3, 0.4) is 0 Å². The minimum atomic E-state index is -0.302. The number of amides is 1. The number of halogens is 1. The molecule has 0 spiro atoms. The highest BCUT2D eigenvalue weighted by molar-refractivity contribution is 5.96. The number of nitrogens with zero attached hydrogens (tertiary/aromatic N) is 1. The summed E-state index contributed by atoms with van der Waals surface area (Å²) in [5, 5.41) is 3.80. The summed E-state index contributed by atoms with van der Waals surface area (Å²) in [5.74, 6) is -0.410. The lowest BCUT2D eigenvalue weighted by molar-refractivity contribution is -0.115. The van der Waals surface area contributed by atoms with Crippen molar-refractivity contribution in [3.63, 3.8) is 0 Å². The van der Waals surface area contributed by atoms with Gasteiger partial charge in [-0.2, -0.15) is 0 Å². The molecule has 1 aliphatic heterocycles. The van der Waals surface area contributed by atoms with Gasteiger partial charge in [-0.3, -0.25) is 9.69 Å². The lowest BCUT2D eigenvalue weighted by Gasteiger charge is -2.27. The van der Waals surface area contributed by atoms with Crippen LogP contribution in [0.15, 0.2) is 42.5 Å². The Balaban J connectivity index is 1.50. The molecule has 28 heavy (non-hydrogen) atoms. The van der Waals surface area contributed by atoms with E-state index in [9.17, 15) is 9.18 Å². The van der Waals surface area contributed by atoms with Gasteiger partial charge in [0.2, 0.25) is 5.91 Å². The number of hydrogen-bond donors (Lipinski definition) is 2. The summed E-state index contributed by atoms with van der Waals surface area (Å²) in [4.78, 5) is 18.3. The third-order valence-corrected chi connectivity index (χ3v) is 5.21. The first kappa shape index (κ1) is 18.7. The van der Waals surface area contributed by atoms with E-state index in [1.54, 1.807) is 6.07 Å². The number of fused-ring (bicyclic) bond motifs is 1. The Labute approximate surface area is 163 Å². The molecule has 1 aromatic heterocycles. The number of hydrogen-bond acceptors (Lipinski definition) is 3. The number of ether oxygens (including phenoxy) is 1. The van der Waals surface area contributed by atoms with E-state index in [1.165, 1.54) is 12.1 Å². The molecular weight excluding hydrogens is 357 g/mol. The number of carbonyl (C=O) groups excluding carboxylic acids is 1. The van der Waals surface area contributed by atoms with E-state index in [4.69, 9.17) is 4.74 Å². The molecule has 0 aliphatic carbocycles. The summed E-state index contributed by atoms with van der Waals surface area (Å²) >= 11 is 0. The molecule has 0 unspecified atom stereocenters. The van der Waals surface area contributed by atoms with E-state index in [1.807, 2.05) is 31.2 Å². The summed E-state index contributed by atoms with van der Waals surface area (Å²) in [5.41, 5.74) is 4.46. The van der Waals surface area contributed by atoms with Crippen LogP contribution < -0.4 is 5.32 Å². The molecule has 0 bridgehead atoms. The van der Waals surface area contributed by atoms with Gasteiger partial charge in [0.15, 0.2) is 0 Å². The van der Waals surface area contributed by atoms with Gasteiger partial charge in [-0.15, -0.1) is 0 Å². The van der Waals surface area contributed by atoms with Crippen molar-refractivity contribution < 1.29 is 13.9 Å². The summed E-state index contributed by atoms with van der Waals surface area (Å²) in [6.45, 7) is 5.95. The number of aromatic nitrogens is 1. The van der Waals surface area contributed by atoms with Gasteiger partial charge in [0, 0.05) is 41.9 Å². The van der Waals surface area contributed by atoms with Gasteiger partial charge < -0.3 is 15.0 Å². The van der Waals surface area contributed by atoms with Crippen molar-refractivity contribution in [2.75, 3.05) is 31.6 Å². The number of carbonyl (C=O) groups is 1. The Morgan fingerprint density at radius 3 is 2.82 bits per heavy atom. The predicted molar refractivity (Wildman–Crippen MR) is 108 cm³/mol. The molecule has 2 heterocycles. The van der Waals surface area contributed by atoms with Gasteiger partial charge in [0.25, 0.3) is 0 Å². The normalized spacial score (nSPS) is 15.1. The molecule has 2 N–H and O–H groups in total. The molecule has 5 nitrogen and oxygen atoms in total. The minimum Gasteiger partial charge on any atom is -0.379 e. The number of aryl methyl sites for hydroxylation is 1. The van der Waals surface area contributed by atoms with Crippen molar-refractivity contribution in [3.8, 4) is 0 Å².